The van der Waals surface area contributed by atoms with Gasteiger partial charge in [0.1, 0.15) is 11.9 Å². The van der Waals surface area contributed by atoms with Crippen LogP contribution in [0, 0.1) is 5.82 Å². The van der Waals surface area contributed by atoms with Gasteiger partial charge in [-0.05, 0) is 42.7 Å². The van der Waals surface area contributed by atoms with Crippen LogP contribution in [-0.2, 0) is 14.3 Å². The van der Waals surface area contributed by atoms with E-state index in [4.69, 9.17) is 9.15 Å². The molecule has 1 aliphatic carbocycles. The lowest BCUT2D eigenvalue weighted by atomic mass is 10.0. The molecular weight excluding hydrogens is 417 g/mol. The minimum Gasteiger partial charge on any atom is -0.459 e. The minimum absolute atomic E-state index is 0.0449. The highest BCUT2D eigenvalue weighted by Crippen LogP contribution is 2.24. The lowest BCUT2D eigenvalue weighted by Crippen LogP contribution is -2.49. The van der Waals surface area contributed by atoms with Crippen LogP contribution in [0.15, 0.2) is 47.1 Å². The first-order valence-corrected chi connectivity index (χ1v) is 10.7. The smallest absolute Gasteiger partial charge is 0.287 e. The van der Waals surface area contributed by atoms with Gasteiger partial charge in [-0.2, -0.15) is 0 Å². The Balaban J connectivity index is 1.81. The highest BCUT2D eigenvalue weighted by atomic mass is 19.1. The standard InChI is InChI=1S/C23H28FN3O5/c1-31-14-12-27(20(28)15-25-22(29)19-7-4-13-32-19)21(16-8-10-17(24)11-9-16)23(30)26-18-5-2-3-6-18/h4,7-11,13,18,21H,2-3,5-6,12,14-15H2,1H3,(H,25,29)(H,26,30)/t21-/m0/s1. The fourth-order valence-corrected chi connectivity index (χ4v) is 3.81. The Morgan fingerprint density at radius 2 is 1.91 bits per heavy atom. The Bertz CT molecular complexity index is 895. The predicted molar refractivity (Wildman–Crippen MR) is 114 cm³/mol. The summed E-state index contributed by atoms with van der Waals surface area (Å²) in [5.74, 6) is -1.72. The van der Waals surface area contributed by atoms with E-state index >= 15 is 0 Å². The molecule has 1 aliphatic rings. The molecule has 0 bridgehead atoms. The summed E-state index contributed by atoms with van der Waals surface area (Å²) in [6, 6.07) is 7.60. The fraction of sp³-hybridized carbons (Fsp3) is 0.435. The molecule has 0 aliphatic heterocycles. The molecule has 32 heavy (non-hydrogen) atoms. The van der Waals surface area contributed by atoms with E-state index in [0.717, 1.165) is 25.7 Å². The van der Waals surface area contributed by atoms with Crippen molar-refractivity contribution >= 4 is 17.7 Å². The number of carbonyl (C=O) groups is 3. The van der Waals surface area contributed by atoms with Gasteiger partial charge < -0.3 is 24.7 Å². The van der Waals surface area contributed by atoms with Crippen molar-refractivity contribution in [2.24, 2.45) is 0 Å². The minimum atomic E-state index is -0.987. The largest absolute Gasteiger partial charge is 0.459 e. The third-order valence-electron chi connectivity index (χ3n) is 5.45. The highest BCUT2D eigenvalue weighted by Gasteiger charge is 2.33. The molecule has 0 saturated heterocycles. The van der Waals surface area contributed by atoms with Crippen molar-refractivity contribution in [1.82, 2.24) is 15.5 Å². The van der Waals surface area contributed by atoms with Crippen molar-refractivity contribution in [1.29, 1.82) is 0 Å². The number of benzene rings is 1. The van der Waals surface area contributed by atoms with E-state index in [0.29, 0.717) is 5.56 Å². The zero-order valence-corrected chi connectivity index (χ0v) is 18.0. The van der Waals surface area contributed by atoms with Crippen molar-refractivity contribution in [2.45, 2.75) is 37.8 Å². The van der Waals surface area contributed by atoms with Crippen LogP contribution in [0.5, 0.6) is 0 Å². The quantitative estimate of drug-likeness (QED) is 0.585. The van der Waals surface area contributed by atoms with Gasteiger partial charge in [0, 0.05) is 19.7 Å². The van der Waals surface area contributed by atoms with Crippen molar-refractivity contribution in [2.75, 3.05) is 26.8 Å². The van der Waals surface area contributed by atoms with Crippen LogP contribution in [-0.4, -0.2) is 55.5 Å². The van der Waals surface area contributed by atoms with Crippen molar-refractivity contribution in [3.63, 3.8) is 0 Å². The summed E-state index contributed by atoms with van der Waals surface area (Å²) in [7, 11) is 1.49. The topological polar surface area (TPSA) is 101 Å². The molecule has 0 unspecified atom stereocenters. The lowest BCUT2D eigenvalue weighted by molar-refractivity contribution is -0.141. The Kier molecular flexibility index (Phi) is 8.38. The number of ether oxygens (including phenoxy) is 1. The van der Waals surface area contributed by atoms with Crippen molar-refractivity contribution in [3.8, 4) is 0 Å². The summed E-state index contributed by atoms with van der Waals surface area (Å²) in [4.78, 5) is 39.9. The number of methoxy groups -OCH3 is 1. The summed E-state index contributed by atoms with van der Waals surface area (Å²) >= 11 is 0. The maximum absolute atomic E-state index is 13.5. The van der Waals surface area contributed by atoms with E-state index in [1.807, 2.05) is 0 Å². The number of carbonyl (C=O) groups excluding carboxylic acids is 3. The van der Waals surface area contributed by atoms with Crippen LogP contribution >= 0.6 is 0 Å². The average molecular weight is 445 g/mol. The molecule has 1 fully saturated rings. The van der Waals surface area contributed by atoms with E-state index in [-0.39, 0.29) is 37.4 Å². The monoisotopic (exact) mass is 445 g/mol. The van der Waals surface area contributed by atoms with Crippen LogP contribution in [0.3, 0.4) is 0 Å². The van der Waals surface area contributed by atoms with Gasteiger partial charge in [-0.1, -0.05) is 25.0 Å². The van der Waals surface area contributed by atoms with Gasteiger partial charge in [0.2, 0.25) is 11.8 Å². The average Bonchev–Trinajstić information content (AvgIpc) is 3.50. The number of rotatable bonds is 10. The predicted octanol–water partition coefficient (Wildman–Crippen LogP) is 2.42. The number of hydrogen-bond donors (Lipinski definition) is 2. The summed E-state index contributed by atoms with van der Waals surface area (Å²) < 4.78 is 23.7. The molecule has 2 aromatic rings. The molecule has 1 heterocycles. The molecule has 1 atom stereocenters. The van der Waals surface area contributed by atoms with E-state index in [1.54, 1.807) is 6.07 Å². The number of furan rings is 1. The van der Waals surface area contributed by atoms with Gasteiger partial charge in [-0.15, -0.1) is 0 Å². The molecule has 3 amide bonds. The van der Waals surface area contributed by atoms with Crippen LogP contribution in [0.2, 0.25) is 0 Å². The van der Waals surface area contributed by atoms with E-state index in [9.17, 15) is 18.8 Å². The normalized spacial score (nSPS) is 14.7. The van der Waals surface area contributed by atoms with E-state index in [1.165, 1.54) is 48.6 Å². The number of halogens is 1. The van der Waals surface area contributed by atoms with Crippen LogP contribution < -0.4 is 10.6 Å². The van der Waals surface area contributed by atoms with E-state index < -0.39 is 23.7 Å². The third kappa shape index (κ3) is 6.16. The fourth-order valence-electron chi connectivity index (χ4n) is 3.81. The number of amides is 3. The Hall–Kier alpha value is -3.20. The number of nitrogens with zero attached hydrogens (tertiary/aromatic N) is 1. The SMILES string of the molecule is COCCN(C(=O)CNC(=O)c1ccco1)[C@H](C(=O)NC1CCCC1)c1ccc(F)cc1. The molecule has 172 valence electrons. The van der Waals surface area contributed by atoms with Crippen LogP contribution in [0.25, 0.3) is 0 Å². The van der Waals surface area contributed by atoms with Gasteiger partial charge >= 0.3 is 0 Å². The van der Waals surface area contributed by atoms with Gasteiger partial charge in [-0.25, -0.2) is 4.39 Å². The Morgan fingerprint density at radius 1 is 1.19 bits per heavy atom. The van der Waals surface area contributed by atoms with Crippen LogP contribution in [0.1, 0.15) is 47.8 Å². The summed E-state index contributed by atoms with van der Waals surface area (Å²) in [5.41, 5.74) is 0.476. The molecule has 3 rings (SSSR count). The van der Waals surface area contributed by atoms with E-state index in [2.05, 4.69) is 10.6 Å². The second kappa shape index (κ2) is 11.4. The molecule has 1 aromatic heterocycles. The molecule has 0 radical (unpaired) electrons. The molecule has 9 heteroatoms. The first-order chi connectivity index (χ1) is 15.5. The van der Waals surface area contributed by atoms with Gasteiger partial charge in [-0.3, -0.25) is 14.4 Å². The molecule has 2 N–H and O–H groups in total. The zero-order valence-electron chi connectivity index (χ0n) is 18.0. The third-order valence-corrected chi connectivity index (χ3v) is 5.45. The zero-order chi connectivity index (χ0) is 22.9. The van der Waals surface area contributed by atoms with Gasteiger partial charge in [0.15, 0.2) is 5.76 Å². The number of nitrogens with one attached hydrogen (secondary N) is 2. The molecule has 1 aromatic carbocycles. The first kappa shape index (κ1) is 23.5. The van der Waals surface area contributed by atoms with Crippen molar-refractivity contribution in [3.05, 3.63) is 59.8 Å². The number of hydrogen-bond acceptors (Lipinski definition) is 5. The maximum atomic E-state index is 13.5. The maximum Gasteiger partial charge on any atom is 0.287 e. The Labute approximate surface area is 186 Å². The van der Waals surface area contributed by atoms with Gasteiger partial charge in [0.25, 0.3) is 5.91 Å². The van der Waals surface area contributed by atoms with Crippen molar-refractivity contribution < 1.29 is 27.9 Å². The molecular formula is C23H28FN3O5. The molecule has 8 nitrogen and oxygen atoms in total. The summed E-state index contributed by atoms with van der Waals surface area (Å²) in [6.45, 7) is -0.0317. The second-order valence-electron chi connectivity index (χ2n) is 7.68. The van der Waals surface area contributed by atoms with Gasteiger partial charge in [0.05, 0.1) is 19.4 Å². The Morgan fingerprint density at radius 3 is 2.53 bits per heavy atom. The molecule has 1 saturated carbocycles. The second-order valence-corrected chi connectivity index (χ2v) is 7.68. The van der Waals surface area contributed by atoms with Crippen LogP contribution in [0.4, 0.5) is 4.39 Å². The summed E-state index contributed by atoms with van der Waals surface area (Å²) in [6.07, 6.45) is 5.20. The molecule has 0 spiro atoms. The first-order valence-electron chi connectivity index (χ1n) is 10.7. The highest BCUT2D eigenvalue weighted by molar-refractivity contribution is 5.95. The lowest BCUT2D eigenvalue weighted by Gasteiger charge is -2.32. The summed E-state index contributed by atoms with van der Waals surface area (Å²) in [5, 5.41) is 5.53.